The highest BCUT2D eigenvalue weighted by molar-refractivity contribution is 5.79. The molecule has 1 amide bonds. The quantitative estimate of drug-likeness (QED) is 0.794. The summed E-state index contributed by atoms with van der Waals surface area (Å²) in [7, 11) is 2.26. The van der Waals surface area contributed by atoms with E-state index in [0.29, 0.717) is 30.5 Å². The van der Waals surface area contributed by atoms with E-state index in [1.165, 1.54) is 24.8 Å². The number of benzene rings is 1. The molecule has 0 unspecified atom stereocenters. The van der Waals surface area contributed by atoms with Crippen LogP contribution in [-0.4, -0.2) is 57.5 Å². The van der Waals surface area contributed by atoms with Crippen molar-refractivity contribution < 1.29 is 4.79 Å². The molecule has 2 fully saturated rings. The van der Waals surface area contributed by atoms with Crippen molar-refractivity contribution in [3.8, 4) is 0 Å². The molecule has 2 aliphatic rings. The number of rotatable bonds is 4. The lowest BCUT2D eigenvalue weighted by Crippen LogP contribution is -2.49. The summed E-state index contributed by atoms with van der Waals surface area (Å²) < 4.78 is 2.09. The fraction of sp³-hybridized carbons (Fsp3) is 0.583. The van der Waals surface area contributed by atoms with Crippen molar-refractivity contribution in [1.82, 2.24) is 19.4 Å². The Balaban J connectivity index is 1.59. The summed E-state index contributed by atoms with van der Waals surface area (Å²) in [5.41, 5.74) is 1.36. The highest BCUT2D eigenvalue weighted by Crippen LogP contribution is 2.39. The molecule has 0 saturated carbocycles. The molecule has 2 saturated heterocycles. The average molecular weight is 395 g/mol. The second-order valence-corrected chi connectivity index (χ2v) is 8.92. The number of carbonyl (C=O) groups is 1. The van der Waals surface area contributed by atoms with Gasteiger partial charge in [0.05, 0.1) is 5.92 Å². The minimum absolute atomic E-state index is 0.0474. The molecule has 5 heteroatoms. The molecule has 2 aliphatic heterocycles. The van der Waals surface area contributed by atoms with E-state index < -0.39 is 0 Å². The summed E-state index contributed by atoms with van der Waals surface area (Å²) in [6.45, 7) is 6.72. The van der Waals surface area contributed by atoms with Gasteiger partial charge in [0, 0.05) is 43.5 Å². The highest BCUT2D eigenvalue weighted by Gasteiger charge is 2.46. The van der Waals surface area contributed by atoms with Gasteiger partial charge in [-0.3, -0.25) is 4.79 Å². The van der Waals surface area contributed by atoms with Crippen LogP contribution >= 0.6 is 0 Å². The van der Waals surface area contributed by atoms with Gasteiger partial charge < -0.3 is 14.4 Å². The second-order valence-electron chi connectivity index (χ2n) is 8.92. The first-order valence-corrected chi connectivity index (χ1v) is 11.1. The Bertz CT molecular complexity index is 817. The second kappa shape index (κ2) is 8.70. The molecule has 0 bridgehead atoms. The van der Waals surface area contributed by atoms with E-state index in [9.17, 15) is 4.79 Å². The maximum atomic E-state index is 13.6. The van der Waals surface area contributed by atoms with Crippen molar-refractivity contribution in [2.45, 2.75) is 64.1 Å². The summed E-state index contributed by atoms with van der Waals surface area (Å²) >= 11 is 0. The molecular weight excluding hydrogens is 360 g/mol. The van der Waals surface area contributed by atoms with Gasteiger partial charge in [-0.15, -0.1) is 0 Å². The number of hydrogen-bond donors (Lipinski definition) is 0. The Morgan fingerprint density at radius 2 is 2.00 bits per heavy atom. The van der Waals surface area contributed by atoms with Crippen molar-refractivity contribution >= 4 is 5.91 Å². The van der Waals surface area contributed by atoms with Crippen molar-refractivity contribution in [1.29, 1.82) is 0 Å². The fourth-order valence-electron chi connectivity index (χ4n) is 5.39. The maximum absolute atomic E-state index is 13.6. The van der Waals surface area contributed by atoms with Crippen LogP contribution < -0.4 is 0 Å². The van der Waals surface area contributed by atoms with Crippen molar-refractivity contribution in [3.05, 3.63) is 54.1 Å². The maximum Gasteiger partial charge on any atom is 0.227 e. The Morgan fingerprint density at radius 1 is 1.21 bits per heavy atom. The van der Waals surface area contributed by atoms with E-state index in [4.69, 9.17) is 0 Å². The van der Waals surface area contributed by atoms with E-state index in [1.807, 2.05) is 19.3 Å². The van der Waals surface area contributed by atoms with Crippen LogP contribution in [0.25, 0.3) is 0 Å². The smallest absolute Gasteiger partial charge is 0.227 e. The molecule has 1 aromatic heterocycles. The van der Waals surface area contributed by atoms with Crippen LogP contribution in [-0.2, 0) is 11.3 Å². The van der Waals surface area contributed by atoms with Crippen LogP contribution in [0.5, 0.6) is 0 Å². The topological polar surface area (TPSA) is 41.4 Å². The van der Waals surface area contributed by atoms with Crippen LogP contribution in [0.15, 0.2) is 42.7 Å². The third-order valence-electron chi connectivity index (χ3n) is 6.95. The first kappa shape index (κ1) is 20.1. The van der Waals surface area contributed by atoms with Gasteiger partial charge in [-0.1, -0.05) is 50.1 Å². The molecule has 0 N–H and O–H groups in total. The fourth-order valence-corrected chi connectivity index (χ4v) is 5.39. The minimum Gasteiger partial charge on any atom is -0.337 e. The Hall–Kier alpha value is -2.14. The molecule has 0 aliphatic carbocycles. The molecular formula is C24H34N4O. The van der Waals surface area contributed by atoms with Crippen LogP contribution in [0.1, 0.15) is 49.9 Å². The highest BCUT2D eigenvalue weighted by atomic mass is 16.2. The van der Waals surface area contributed by atoms with Crippen molar-refractivity contribution in [3.63, 3.8) is 0 Å². The number of likely N-dealkylation sites (N-methyl/N-ethyl adjacent to an activating group) is 1. The number of imidazole rings is 1. The van der Waals surface area contributed by atoms with Crippen LogP contribution in [0.2, 0.25) is 0 Å². The molecule has 5 nitrogen and oxygen atoms in total. The Labute approximate surface area is 174 Å². The zero-order valence-electron chi connectivity index (χ0n) is 18.0. The van der Waals surface area contributed by atoms with Gasteiger partial charge in [0.1, 0.15) is 5.82 Å². The third-order valence-corrected chi connectivity index (χ3v) is 6.95. The summed E-state index contributed by atoms with van der Waals surface area (Å²) in [6, 6.07) is 11.5. The van der Waals surface area contributed by atoms with Gasteiger partial charge in [0.25, 0.3) is 0 Å². The molecule has 0 radical (unpaired) electrons. The molecule has 29 heavy (non-hydrogen) atoms. The molecule has 3 heterocycles. The SMILES string of the molecule is Cc1nccn1C[C@H](C)C(=O)N1C[C@@H](c2ccccc2)[C@H]2[C@H]1CCCCCN2C. The standard InChI is InChI=1S/C24H34N4O/c1-18(16-27-15-13-25-19(27)2)24(29)28-17-21(20-10-6-4-7-11-20)23-22(28)12-8-5-9-14-26(23)3/h4,6-7,10-11,13,15,18,21-23H,5,8-9,12,14,16-17H2,1-3H3/t18-,21-,22+,23-/m0/s1. The monoisotopic (exact) mass is 394 g/mol. The predicted octanol–water partition coefficient (Wildman–Crippen LogP) is 3.70. The molecule has 2 aromatic rings. The lowest BCUT2D eigenvalue weighted by Gasteiger charge is -2.37. The Kier molecular flexibility index (Phi) is 6.04. The summed E-state index contributed by atoms with van der Waals surface area (Å²) in [4.78, 5) is 22.7. The first-order chi connectivity index (χ1) is 14.1. The normalized spacial score (nSPS) is 26.6. The number of carbonyl (C=O) groups excluding carboxylic acids is 1. The largest absolute Gasteiger partial charge is 0.337 e. The number of nitrogens with zero attached hydrogens (tertiary/aromatic N) is 4. The van der Waals surface area contributed by atoms with Gasteiger partial charge in [0.15, 0.2) is 0 Å². The number of aryl methyl sites for hydroxylation is 1. The van der Waals surface area contributed by atoms with Crippen LogP contribution in [0.4, 0.5) is 0 Å². The lowest BCUT2D eigenvalue weighted by atomic mass is 9.87. The summed E-state index contributed by atoms with van der Waals surface area (Å²) in [6.07, 6.45) is 8.63. The average Bonchev–Trinajstić information content (AvgIpc) is 3.29. The van der Waals surface area contributed by atoms with Crippen molar-refractivity contribution in [2.24, 2.45) is 5.92 Å². The molecule has 1 aromatic carbocycles. The van der Waals surface area contributed by atoms with Crippen LogP contribution in [0.3, 0.4) is 0 Å². The van der Waals surface area contributed by atoms with E-state index in [-0.39, 0.29) is 5.92 Å². The van der Waals surface area contributed by atoms with Crippen LogP contribution in [0, 0.1) is 12.8 Å². The zero-order chi connectivity index (χ0) is 20.4. The zero-order valence-corrected chi connectivity index (χ0v) is 18.0. The van der Waals surface area contributed by atoms with Gasteiger partial charge in [-0.25, -0.2) is 4.98 Å². The van der Waals surface area contributed by atoms with Crippen molar-refractivity contribution in [2.75, 3.05) is 20.1 Å². The number of amides is 1. The number of aromatic nitrogens is 2. The number of hydrogen-bond acceptors (Lipinski definition) is 3. The summed E-state index contributed by atoms with van der Waals surface area (Å²) in [5.74, 6) is 1.60. The van der Waals surface area contributed by atoms with Gasteiger partial charge in [0.2, 0.25) is 5.91 Å². The third kappa shape index (κ3) is 4.11. The minimum atomic E-state index is -0.0474. The molecule has 156 valence electrons. The molecule has 4 atom stereocenters. The van der Waals surface area contributed by atoms with E-state index in [1.54, 1.807) is 0 Å². The number of likely N-dealkylation sites (tertiary alicyclic amines) is 2. The molecule has 0 spiro atoms. The number of fused-ring (bicyclic) bond motifs is 1. The van der Waals surface area contributed by atoms with E-state index >= 15 is 0 Å². The molecule has 4 rings (SSSR count). The van der Waals surface area contributed by atoms with Gasteiger partial charge in [-0.2, -0.15) is 0 Å². The first-order valence-electron chi connectivity index (χ1n) is 11.1. The van der Waals surface area contributed by atoms with Gasteiger partial charge >= 0.3 is 0 Å². The Morgan fingerprint density at radius 3 is 2.72 bits per heavy atom. The lowest BCUT2D eigenvalue weighted by molar-refractivity contribution is -0.137. The predicted molar refractivity (Wildman–Crippen MR) is 116 cm³/mol. The van der Waals surface area contributed by atoms with Gasteiger partial charge in [-0.05, 0) is 38.9 Å². The van der Waals surface area contributed by atoms with E-state index in [2.05, 4.69) is 63.7 Å². The summed E-state index contributed by atoms with van der Waals surface area (Å²) in [5, 5.41) is 0. The van der Waals surface area contributed by atoms with E-state index in [0.717, 1.165) is 25.3 Å².